The topological polar surface area (TPSA) is 55.6 Å². The average Bonchev–Trinajstić information content (AvgIpc) is 2.16. The molecule has 0 saturated carbocycles. The molecule has 0 amide bonds. The molecule has 17 heavy (non-hydrogen) atoms. The first kappa shape index (κ1) is 16.4. The highest BCUT2D eigenvalue weighted by atomic mass is 16.5. The zero-order valence-corrected chi connectivity index (χ0v) is 12.1. The van der Waals surface area contributed by atoms with Gasteiger partial charge >= 0.3 is 5.97 Å². The number of carbonyl (C=O) groups is 1. The molecule has 0 aromatic carbocycles. The number of esters is 1. The quantitative estimate of drug-likeness (QED) is 0.692. The van der Waals surface area contributed by atoms with Crippen LogP contribution in [0.4, 0.5) is 0 Å². The van der Waals surface area contributed by atoms with Gasteiger partial charge in [0.1, 0.15) is 5.54 Å². The average molecular weight is 244 g/mol. The predicted molar refractivity (Wildman–Crippen MR) is 70.8 cm³/mol. The van der Waals surface area contributed by atoms with Gasteiger partial charge in [-0.3, -0.25) is 4.79 Å². The Labute approximate surface area is 105 Å². The first-order valence-corrected chi connectivity index (χ1v) is 6.37. The summed E-state index contributed by atoms with van der Waals surface area (Å²) < 4.78 is 4.98. The zero-order chi connectivity index (χ0) is 13.6. The fourth-order valence-electron chi connectivity index (χ4n) is 1.90. The Morgan fingerprint density at radius 3 is 2.35 bits per heavy atom. The van der Waals surface area contributed by atoms with Gasteiger partial charge in [-0.15, -0.1) is 0 Å². The van der Waals surface area contributed by atoms with E-state index in [1.807, 2.05) is 7.05 Å². The van der Waals surface area contributed by atoms with Gasteiger partial charge in [-0.05, 0) is 40.2 Å². The smallest absolute Gasteiger partial charge is 0.327 e. The van der Waals surface area contributed by atoms with Crippen molar-refractivity contribution in [1.29, 1.82) is 0 Å². The fraction of sp³-hybridized carbons (Fsp3) is 0.923. The van der Waals surface area contributed by atoms with E-state index in [-0.39, 0.29) is 5.97 Å². The van der Waals surface area contributed by atoms with Crippen molar-refractivity contribution in [2.24, 2.45) is 11.7 Å². The van der Waals surface area contributed by atoms with Crippen LogP contribution in [0.25, 0.3) is 0 Å². The molecule has 0 radical (unpaired) electrons. The molecule has 2 atom stereocenters. The van der Waals surface area contributed by atoms with Gasteiger partial charge in [-0.2, -0.15) is 0 Å². The van der Waals surface area contributed by atoms with Gasteiger partial charge < -0.3 is 15.4 Å². The summed E-state index contributed by atoms with van der Waals surface area (Å²) in [5, 5.41) is 0. The van der Waals surface area contributed by atoms with Crippen molar-refractivity contribution >= 4 is 5.97 Å². The third-order valence-electron chi connectivity index (χ3n) is 2.88. The molecule has 0 spiro atoms. The summed E-state index contributed by atoms with van der Waals surface area (Å²) in [6, 6.07) is 0.410. The number of nitrogens with zero attached hydrogens (tertiary/aromatic N) is 1. The van der Waals surface area contributed by atoms with Crippen LogP contribution in [0.5, 0.6) is 0 Å². The van der Waals surface area contributed by atoms with E-state index in [1.54, 1.807) is 13.8 Å². The number of carbonyl (C=O) groups excluding carboxylic acids is 1. The molecule has 2 unspecified atom stereocenters. The van der Waals surface area contributed by atoms with Gasteiger partial charge in [0.2, 0.25) is 0 Å². The third-order valence-corrected chi connectivity index (χ3v) is 2.88. The van der Waals surface area contributed by atoms with Gasteiger partial charge in [0.25, 0.3) is 0 Å². The Bertz CT molecular complexity index is 240. The molecule has 0 fully saturated rings. The van der Waals surface area contributed by atoms with Crippen molar-refractivity contribution in [2.45, 2.75) is 52.6 Å². The molecule has 4 heteroatoms. The lowest BCUT2D eigenvalue weighted by Gasteiger charge is -2.32. The molecule has 0 rings (SSSR count). The van der Waals surface area contributed by atoms with Crippen LogP contribution in [-0.2, 0) is 9.53 Å². The van der Waals surface area contributed by atoms with E-state index in [0.29, 0.717) is 25.1 Å². The van der Waals surface area contributed by atoms with Crippen LogP contribution in [0.2, 0.25) is 0 Å². The molecule has 0 aromatic rings. The first-order chi connectivity index (χ1) is 7.70. The summed E-state index contributed by atoms with van der Waals surface area (Å²) in [6.07, 6.45) is 1.09. The van der Waals surface area contributed by atoms with Crippen LogP contribution in [-0.4, -0.2) is 42.6 Å². The monoisotopic (exact) mass is 244 g/mol. The normalized spacial score (nSPS) is 17.0. The highest BCUT2D eigenvalue weighted by molar-refractivity contribution is 5.80. The molecular weight excluding hydrogens is 216 g/mol. The summed E-state index contributed by atoms with van der Waals surface area (Å²) in [5.74, 6) is 0.308. The van der Waals surface area contributed by atoms with Crippen molar-refractivity contribution in [2.75, 3.05) is 20.2 Å². The molecule has 0 bridgehead atoms. The minimum Gasteiger partial charge on any atom is -0.465 e. The van der Waals surface area contributed by atoms with Crippen molar-refractivity contribution in [3.63, 3.8) is 0 Å². The van der Waals surface area contributed by atoms with E-state index < -0.39 is 5.54 Å². The van der Waals surface area contributed by atoms with Crippen LogP contribution in [0.3, 0.4) is 0 Å². The van der Waals surface area contributed by atoms with Gasteiger partial charge in [-0.1, -0.05) is 13.8 Å². The van der Waals surface area contributed by atoms with Crippen molar-refractivity contribution in [1.82, 2.24) is 4.90 Å². The number of hydrogen-bond acceptors (Lipinski definition) is 4. The van der Waals surface area contributed by atoms with E-state index >= 15 is 0 Å². The molecule has 2 N–H and O–H groups in total. The zero-order valence-electron chi connectivity index (χ0n) is 12.1. The second-order valence-electron chi connectivity index (χ2n) is 5.53. The standard InChI is InChI=1S/C13H28N2O2/c1-7-17-12(16)13(5,14)9-15(6)11(4)8-10(2)3/h10-11H,7-9,14H2,1-6H3. The molecule has 0 aliphatic heterocycles. The van der Waals surface area contributed by atoms with E-state index in [0.717, 1.165) is 6.42 Å². The van der Waals surface area contributed by atoms with Crippen LogP contribution in [0, 0.1) is 5.92 Å². The first-order valence-electron chi connectivity index (χ1n) is 6.37. The van der Waals surface area contributed by atoms with E-state index in [9.17, 15) is 4.79 Å². The Hall–Kier alpha value is -0.610. The Balaban J connectivity index is 4.34. The number of hydrogen-bond donors (Lipinski definition) is 1. The van der Waals surface area contributed by atoms with Crippen LogP contribution < -0.4 is 5.73 Å². The Kier molecular flexibility index (Phi) is 6.72. The summed E-state index contributed by atoms with van der Waals surface area (Å²) >= 11 is 0. The molecule has 0 aliphatic rings. The highest BCUT2D eigenvalue weighted by Crippen LogP contribution is 2.13. The van der Waals surface area contributed by atoms with E-state index in [2.05, 4.69) is 25.7 Å². The number of likely N-dealkylation sites (N-methyl/N-ethyl adjacent to an activating group) is 1. The van der Waals surface area contributed by atoms with Crippen LogP contribution in [0.1, 0.15) is 41.0 Å². The minimum atomic E-state index is -0.935. The van der Waals surface area contributed by atoms with Crippen LogP contribution >= 0.6 is 0 Å². The van der Waals surface area contributed by atoms with Crippen molar-refractivity contribution in [3.05, 3.63) is 0 Å². The molecule has 0 aromatic heterocycles. The van der Waals surface area contributed by atoms with Gasteiger partial charge in [-0.25, -0.2) is 0 Å². The molecular formula is C13H28N2O2. The molecule has 4 nitrogen and oxygen atoms in total. The lowest BCUT2D eigenvalue weighted by Crippen LogP contribution is -2.55. The maximum atomic E-state index is 11.7. The molecule has 0 aliphatic carbocycles. The summed E-state index contributed by atoms with van der Waals surface area (Å²) in [7, 11) is 2.00. The maximum Gasteiger partial charge on any atom is 0.327 e. The van der Waals surface area contributed by atoms with Gasteiger partial charge in [0.15, 0.2) is 0 Å². The minimum absolute atomic E-state index is 0.330. The summed E-state index contributed by atoms with van der Waals surface area (Å²) in [5.41, 5.74) is 5.07. The van der Waals surface area contributed by atoms with Gasteiger partial charge in [0.05, 0.1) is 6.61 Å². The lowest BCUT2D eigenvalue weighted by molar-refractivity contribution is -0.149. The number of ether oxygens (including phenoxy) is 1. The second kappa shape index (κ2) is 6.97. The Morgan fingerprint density at radius 2 is 1.94 bits per heavy atom. The van der Waals surface area contributed by atoms with Crippen molar-refractivity contribution in [3.8, 4) is 0 Å². The van der Waals surface area contributed by atoms with E-state index in [1.165, 1.54) is 0 Å². The Morgan fingerprint density at radius 1 is 1.41 bits per heavy atom. The number of nitrogens with two attached hydrogens (primary N) is 1. The fourth-order valence-corrected chi connectivity index (χ4v) is 1.90. The molecule has 102 valence electrons. The van der Waals surface area contributed by atoms with Crippen LogP contribution in [0.15, 0.2) is 0 Å². The SMILES string of the molecule is CCOC(=O)C(C)(N)CN(C)C(C)CC(C)C. The lowest BCUT2D eigenvalue weighted by atomic mass is 10.00. The predicted octanol–water partition coefficient (Wildman–Crippen LogP) is 1.63. The van der Waals surface area contributed by atoms with Gasteiger partial charge in [0, 0.05) is 12.6 Å². The second-order valence-corrected chi connectivity index (χ2v) is 5.53. The number of rotatable bonds is 7. The molecule has 0 heterocycles. The highest BCUT2D eigenvalue weighted by Gasteiger charge is 2.32. The third kappa shape index (κ3) is 6.03. The van der Waals surface area contributed by atoms with Crippen molar-refractivity contribution < 1.29 is 9.53 Å². The molecule has 0 saturated heterocycles. The maximum absolute atomic E-state index is 11.7. The largest absolute Gasteiger partial charge is 0.465 e. The van der Waals surface area contributed by atoms with E-state index in [4.69, 9.17) is 10.5 Å². The summed E-state index contributed by atoms with van der Waals surface area (Å²) in [4.78, 5) is 13.8. The summed E-state index contributed by atoms with van der Waals surface area (Å²) in [6.45, 7) is 10.9.